The van der Waals surface area contributed by atoms with E-state index in [1.165, 1.54) is 0 Å². The van der Waals surface area contributed by atoms with Crippen LogP contribution in [0, 0.1) is 0 Å². The van der Waals surface area contributed by atoms with Crippen molar-refractivity contribution in [3.05, 3.63) is 152 Å². The van der Waals surface area contributed by atoms with Crippen molar-refractivity contribution in [2.75, 3.05) is 0 Å². The number of hydrogen-bond acceptors (Lipinski definition) is 4. The number of hydrogen-bond donors (Lipinski definition) is 0. The summed E-state index contributed by atoms with van der Waals surface area (Å²) < 4.78 is 17.8. The average Bonchev–Trinajstić information content (AvgIpc) is 3.59. The molecule has 0 saturated carbocycles. The summed E-state index contributed by atoms with van der Waals surface area (Å²) in [7, 11) is -3.21. The molecule has 0 fully saturated rings. The van der Waals surface area contributed by atoms with Crippen LogP contribution in [0.15, 0.2) is 152 Å². The molecule has 0 N–H and O–H groups in total. The fourth-order valence-electron chi connectivity index (χ4n) is 6.70. The number of fused-ring (bicyclic) bond motifs is 7. The number of aromatic nitrogens is 4. The first-order valence-electron chi connectivity index (χ1n) is 14.9. The van der Waals surface area contributed by atoms with Gasteiger partial charge in [-0.1, -0.05) is 140 Å². The predicted octanol–water partition coefficient (Wildman–Crippen LogP) is 7.92. The van der Waals surface area contributed by atoms with E-state index in [1.54, 1.807) is 0 Å². The van der Waals surface area contributed by atoms with Crippen molar-refractivity contribution in [1.82, 2.24) is 19.5 Å². The van der Waals surface area contributed by atoms with Gasteiger partial charge < -0.3 is 4.57 Å². The molecule has 2 aromatic heterocycles. The second-order valence-corrected chi connectivity index (χ2v) is 13.8. The number of rotatable bonds is 4. The highest BCUT2D eigenvalue weighted by molar-refractivity contribution is 7.86. The monoisotopic (exact) mass is 596 g/mol. The van der Waals surface area contributed by atoms with Gasteiger partial charge in [-0.15, -0.1) is 0 Å². The summed E-state index contributed by atoms with van der Waals surface area (Å²) in [5, 5.41) is 4.57. The third-order valence-corrected chi connectivity index (χ3v) is 11.9. The molecule has 0 saturated heterocycles. The number of para-hydroxylation sites is 1. The van der Waals surface area contributed by atoms with Crippen LogP contribution in [0.3, 0.4) is 0 Å². The zero-order valence-electron chi connectivity index (χ0n) is 24.1. The quantitative estimate of drug-likeness (QED) is 0.194. The lowest BCUT2D eigenvalue weighted by molar-refractivity contribution is 0.593. The average molecular weight is 597 g/mol. The van der Waals surface area contributed by atoms with E-state index >= 15 is 4.57 Å². The minimum atomic E-state index is -3.21. The highest BCUT2D eigenvalue weighted by atomic mass is 31.2. The van der Waals surface area contributed by atoms with Crippen molar-refractivity contribution in [3.63, 3.8) is 0 Å². The SMILES string of the molecule is O=P1(c2ccccc2)c2ccccc2-c2ccc3c(c21)c1ccccc1n3-c1nc(-c2ccccc2)nc(-c2ccccc2)n1. The van der Waals surface area contributed by atoms with Crippen LogP contribution in [0.2, 0.25) is 0 Å². The predicted molar refractivity (Wildman–Crippen MR) is 183 cm³/mol. The number of benzene rings is 6. The standard InChI is InChI=1S/C39H25N4OP/c44-45(28-18-8-3-9-19-28)34-23-13-11-20-29(34)30-24-25-33-35(36(30)45)31-21-10-12-22-32(31)43(33)39-41-37(26-14-4-1-5-15-26)40-38(42-39)27-16-6-2-7-17-27/h1-25H. The Bertz CT molecular complexity index is 2400. The molecule has 0 aliphatic carbocycles. The van der Waals surface area contributed by atoms with E-state index in [0.29, 0.717) is 17.6 Å². The highest BCUT2D eigenvalue weighted by Crippen LogP contribution is 2.55. The van der Waals surface area contributed by atoms with Gasteiger partial charge in [-0.2, -0.15) is 9.97 Å². The lowest BCUT2D eigenvalue weighted by Gasteiger charge is -2.17. The first kappa shape index (κ1) is 25.8. The molecule has 5 nitrogen and oxygen atoms in total. The zero-order valence-corrected chi connectivity index (χ0v) is 25.0. The molecule has 45 heavy (non-hydrogen) atoms. The fourth-order valence-corrected chi connectivity index (χ4v) is 9.99. The maximum atomic E-state index is 15.7. The highest BCUT2D eigenvalue weighted by Gasteiger charge is 2.42. The van der Waals surface area contributed by atoms with Gasteiger partial charge in [-0.25, -0.2) is 4.98 Å². The van der Waals surface area contributed by atoms with Crippen LogP contribution in [-0.4, -0.2) is 19.5 Å². The largest absolute Gasteiger partial charge is 0.309 e. The molecule has 6 aromatic carbocycles. The van der Waals surface area contributed by atoms with Crippen molar-refractivity contribution < 1.29 is 4.57 Å². The van der Waals surface area contributed by atoms with Gasteiger partial charge in [0.05, 0.1) is 11.0 Å². The van der Waals surface area contributed by atoms with E-state index in [1.807, 2.05) is 121 Å². The summed E-state index contributed by atoms with van der Waals surface area (Å²) in [6, 6.07) is 50.5. The van der Waals surface area contributed by atoms with E-state index < -0.39 is 7.14 Å². The van der Waals surface area contributed by atoms with E-state index in [4.69, 9.17) is 15.0 Å². The first-order valence-corrected chi connectivity index (χ1v) is 16.6. The molecular formula is C39H25N4OP. The Kier molecular flexibility index (Phi) is 5.71. The van der Waals surface area contributed by atoms with Crippen molar-refractivity contribution in [2.24, 2.45) is 0 Å². The second-order valence-electron chi connectivity index (χ2n) is 11.2. The molecule has 1 aliphatic heterocycles. The first-order chi connectivity index (χ1) is 22.2. The van der Waals surface area contributed by atoms with Crippen LogP contribution < -0.4 is 15.9 Å². The van der Waals surface area contributed by atoms with Gasteiger partial charge in [-0.3, -0.25) is 4.57 Å². The van der Waals surface area contributed by atoms with Crippen LogP contribution in [0.5, 0.6) is 0 Å². The minimum absolute atomic E-state index is 0.513. The molecule has 3 heterocycles. The van der Waals surface area contributed by atoms with Gasteiger partial charge in [0.25, 0.3) is 0 Å². The molecule has 6 heteroatoms. The summed E-state index contributed by atoms with van der Waals surface area (Å²) in [6.45, 7) is 0. The van der Waals surface area contributed by atoms with E-state index in [-0.39, 0.29) is 0 Å². The fraction of sp³-hybridized carbons (Fsp3) is 0. The van der Waals surface area contributed by atoms with Crippen molar-refractivity contribution >= 4 is 44.9 Å². The van der Waals surface area contributed by atoms with E-state index in [2.05, 4.69) is 34.9 Å². The lowest BCUT2D eigenvalue weighted by atomic mass is 10.0. The summed E-state index contributed by atoms with van der Waals surface area (Å²) >= 11 is 0. The molecule has 1 unspecified atom stereocenters. The van der Waals surface area contributed by atoms with Gasteiger partial charge in [0.1, 0.15) is 0 Å². The van der Waals surface area contributed by atoms with Crippen molar-refractivity contribution in [2.45, 2.75) is 0 Å². The van der Waals surface area contributed by atoms with Crippen LogP contribution in [0.1, 0.15) is 0 Å². The van der Waals surface area contributed by atoms with Crippen LogP contribution in [-0.2, 0) is 4.57 Å². The van der Waals surface area contributed by atoms with Crippen LogP contribution in [0.25, 0.3) is 61.7 Å². The number of nitrogens with zero attached hydrogens (tertiary/aromatic N) is 4. The molecule has 0 bridgehead atoms. The van der Waals surface area contributed by atoms with Crippen molar-refractivity contribution in [3.8, 4) is 39.9 Å². The Morgan fingerprint density at radius 3 is 1.76 bits per heavy atom. The third-order valence-electron chi connectivity index (χ3n) is 8.67. The molecule has 0 radical (unpaired) electrons. The topological polar surface area (TPSA) is 60.7 Å². The Labute approximate surface area is 259 Å². The van der Waals surface area contributed by atoms with Gasteiger partial charge >= 0.3 is 0 Å². The summed E-state index contributed by atoms with van der Waals surface area (Å²) in [6.07, 6.45) is 0. The summed E-state index contributed by atoms with van der Waals surface area (Å²) in [5.41, 5.74) is 5.70. The van der Waals surface area contributed by atoms with E-state index in [0.717, 1.165) is 60.0 Å². The Balaban J connectivity index is 1.40. The second kappa shape index (κ2) is 9.95. The van der Waals surface area contributed by atoms with Gasteiger partial charge in [0.2, 0.25) is 5.95 Å². The van der Waals surface area contributed by atoms with E-state index in [9.17, 15) is 0 Å². The molecule has 0 amide bonds. The molecule has 212 valence electrons. The molecule has 1 atom stereocenters. The molecule has 1 aliphatic rings. The molecule has 8 aromatic rings. The molecule has 0 spiro atoms. The van der Waals surface area contributed by atoms with Gasteiger partial charge in [0.15, 0.2) is 18.8 Å². The molecular weight excluding hydrogens is 571 g/mol. The third kappa shape index (κ3) is 3.81. The Morgan fingerprint density at radius 1 is 0.489 bits per heavy atom. The van der Waals surface area contributed by atoms with Crippen molar-refractivity contribution in [1.29, 1.82) is 0 Å². The zero-order chi connectivity index (χ0) is 30.0. The Hall–Kier alpha value is -5.64. The van der Waals surface area contributed by atoms with Crippen LogP contribution in [0.4, 0.5) is 0 Å². The lowest BCUT2D eigenvalue weighted by Crippen LogP contribution is -2.21. The Morgan fingerprint density at radius 2 is 1.07 bits per heavy atom. The van der Waals surface area contributed by atoms with Gasteiger partial charge in [-0.05, 0) is 23.3 Å². The maximum absolute atomic E-state index is 15.7. The smallest absolute Gasteiger partial charge is 0.238 e. The summed E-state index contributed by atoms with van der Waals surface area (Å²) in [4.78, 5) is 15.1. The summed E-state index contributed by atoms with van der Waals surface area (Å²) in [5.74, 6) is 1.70. The maximum Gasteiger partial charge on any atom is 0.238 e. The normalized spacial score (nSPS) is 15.3. The van der Waals surface area contributed by atoms with Gasteiger partial charge in [0, 0.05) is 37.8 Å². The molecule has 9 rings (SSSR count). The minimum Gasteiger partial charge on any atom is -0.309 e. The van der Waals surface area contributed by atoms with Crippen LogP contribution >= 0.6 is 7.14 Å².